The van der Waals surface area contributed by atoms with E-state index in [1.54, 1.807) is 6.07 Å². The number of ether oxygens (including phenoxy) is 1. The molecule has 0 saturated carbocycles. The number of halogens is 1. The lowest BCUT2D eigenvalue weighted by Gasteiger charge is -2.23. The summed E-state index contributed by atoms with van der Waals surface area (Å²) >= 11 is 6.19. The maximum Gasteiger partial charge on any atom is 0.123 e. The van der Waals surface area contributed by atoms with Gasteiger partial charge in [0.2, 0.25) is 0 Å². The standard InChI is InChI=1S/C18H22ClNO/c1-12-5-8-17(15(9-12)18(2,3)4)21-11-13-6-7-14(20)10-16(13)19/h5-10H,11,20H2,1-4H3. The summed E-state index contributed by atoms with van der Waals surface area (Å²) in [5.41, 5.74) is 9.78. The second kappa shape index (κ2) is 5.98. The zero-order valence-corrected chi connectivity index (χ0v) is 13.8. The Morgan fingerprint density at radius 2 is 1.81 bits per heavy atom. The lowest BCUT2D eigenvalue weighted by molar-refractivity contribution is 0.297. The van der Waals surface area contributed by atoms with Crippen molar-refractivity contribution < 1.29 is 4.74 Å². The van der Waals surface area contributed by atoms with Crippen molar-refractivity contribution in [2.45, 2.75) is 39.7 Å². The molecule has 0 spiro atoms. The second-order valence-electron chi connectivity index (χ2n) is 6.39. The predicted molar refractivity (Wildman–Crippen MR) is 90.1 cm³/mol. The molecule has 0 radical (unpaired) electrons. The van der Waals surface area contributed by atoms with Crippen molar-refractivity contribution in [2.75, 3.05) is 5.73 Å². The van der Waals surface area contributed by atoms with E-state index in [0.29, 0.717) is 17.3 Å². The Morgan fingerprint density at radius 1 is 1.10 bits per heavy atom. The van der Waals surface area contributed by atoms with E-state index in [1.165, 1.54) is 11.1 Å². The molecule has 112 valence electrons. The van der Waals surface area contributed by atoms with Crippen LogP contribution in [0.1, 0.15) is 37.5 Å². The van der Waals surface area contributed by atoms with E-state index in [4.69, 9.17) is 22.1 Å². The third kappa shape index (κ3) is 3.92. The smallest absolute Gasteiger partial charge is 0.123 e. The van der Waals surface area contributed by atoms with E-state index in [2.05, 4.69) is 39.8 Å². The summed E-state index contributed by atoms with van der Waals surface area (Å²) in [6, 6.07) is 11.8. The Morgan fingerprint density at radius 3 is 2.43 bits per heavy atom. The Labute approximate surface area is 131 Å². The van der Waals surface area contributed by atoms with Crippen LogP contribution in [0.2, 0.25) is 5.02 Å². The third-order valence-electron chi connectivity index (χ3n) is 3.40. The monoisotopic (exact) mass is 303 g/mol. The summed E-state index contributed by atoms with van der Waals surface area (Å²) in [7, 11) is 0. The summed E-state index contributed by atoms with van der Waals surface area (Å²) in [5, 5.41) is 0.638. The van der Waals surface area contributed by atoms with Gasteiger partial charge in [0.05, 0.1) is 0 Å². The van der Waals surface area contributed by atoms with E-state index in [-0.39, 0.29) is 5.41 Å². The molecule has 2 aromatic carbocycles. The molecule has 0 bridgehead atoms. The van der Waals surface area contributed by atoms with Crippen molar-refractivity contribution in [3.8, 4) is 5.75 Å². The second-order valence-corrected chi connectivity index (χ2v) is 6.80. The molecule has 0 amide bonds. The summed E-state index contributed by atoms with van der Waals surface area (Å²) < 4.78 is 6.00. The number of anilines is 1. The molecular weight excluding hydrogens is 282 g/mol. The number of hydrogen-bond donors (Lipinski definition) is 1. The highest BCUT2D eigenvalue weighted by molar-refractivity contribution is 6.31. The van der Waals surface area contributed by atoms with Crippen molar-refractivity contribution in [1.82, 2.24) is 0 Å². The quantitative estimate of drug-likeness (QED) is 0.800. The molecule has 2 aromatic rings. The summed E-state index contributed by atoms with van der Waals surface area (Å²) in [4.78, 5) is 0. The molecule has 0 fully saturated rings. The van der Waals surface area contributed by atoms with Gasteiger partial charge in [0.1, 0.15) is 12.4 Å². The van der Waals surface area contributed by atoms with Gasteiger partial charge in [-0.1, -0.05) is 56.1 Å². The predicted octanol–water partition coefficient (Wildman–Crippen LogP) is 5.11. The van der Waals surface area contributed by atoms with Crippen LogP contribution in [0.4, 0.5) is 5.69 Å². The van der Waals surface area contributed by atoms with Gasteiger partial charge in [-0.2, -0.15) is 0 Å². The highest BCUT2D eigenvalue weighted by Crippen LogP contribution is 2.33. The Hall–Kier alpha value is -1.67. The topological polar surface area (TPSA) is 35.2 Å². The van der Waals surface area contributed by atoms with Gasteiger partial charge in [0, 0.05) is 16.3 Å². The molecule has 0 saturated heterocycles. The molecule has 21 heavy (non-hydrogen) atoms. The zero-order chi connectivity index (χ0) is 15.6. The van der Waals surface area contributed by atoms with Crippen LogP contribution in [-0.2, 0) is 12.0 Å². The molecule has 2 rings (SSSR count). The fraction of sp³-hybridized carbons (Fsp3) is 0.333. The van der Waals surface area contributed by atoms with E-state index in [9.17, 15) is 0 Å². The molecule has 0 unspecified atom stereocenters. The molecule has 3 heteroatoms. The highest BCUT2D eigenvalue weighted by Gasteiger charge is 2.19. The molecule has 2 N–H and O–H groups in total. The number of rotatable bonds is 3. The lowest BCUT2D eigenvalue weighted by Crippen LogP contribution is -2.13. The van der Waals surface area contributed by atoms with Crippen LogP contribution < -0.4 is 10.5 Å². The Balaban J connectivity index is 2.24. The SMILES string of the molecule is Cc1ccc(OCc2ccc(N)cc2Cl)c(C(C)(C)C)c1. The van der Waals surface area contributed by atoms with E-state index in [1.807, 2.05) is 18.2 Å². The van der Waals surface area contributed by atoms with Crippen LogP contribution in [0.3, 0.4) is 0 Å². The minimum absolute atomic E-state index is 0.0340. The summed E-state index contributed by atoms with van der Waals surface area (Å²) in [6.07, 6.45) is 0. The van der Waals surface area contributed by atoms with Crippen LogP contribution >= 0.6 is 11.6 Å². The first kappa shape index (κ1) is 15.7. The average Bonchev–Trinajstić information content (AvgIpc) is 2.38. The Bertz CT molecular complexity index is 644. The summed E-state index contributed by atoms with van der Waals surface area (Å²) in [6.45, 7) is 9.08. The largest absolute Gasteiger partial charge is 0.489 e. The van der Waals surface area contributed by atoms with Gasteiger partial charge in [-0.3, -0.25) is 0 Å². The normalized spacial score (nSPS) is 11.5. The van der Waals surface area contributed by atoms with Crippen LogP contribution in [-0.4, -0.2) is 0 Å². The zero-order valence-electron chi connectivity index (χ0n) is 13.0. The number of nitrogen functional groups attached to an aromatic ring is 1. The molecule has 0 aliphatic carbocycles. The first-order valence-electron chi connectivity index (χ1n) is 7.05. The van der Waals surface area contributed by atoms with Crippen molar-refractivity contribution in [2.24, 2.45) is 0 Å². The first-order valence-corrected chi connectivity index (χ1v) is 7.43. The van der Waals surface area contributed by atoms with Gasteiger partial charge < -0.3 is 10.5 Å². The van der Waals surface area contributed by atoms with Gasteiger partial charge in [0.15, 0.2) is 0 Å². The maximum atomic E-state index is 6.19. The van der Waals surface area contributed by atoms with Gasteiger partial charge in [0.25, 0.3) is 0 Å². The van der Waals surface area contributed by atoms with E-state index >= 15 is 0 Å². The molecule has 0 aromatic heterocycles. The molecule has 0 aliphatic rings. The van der Waals surface area contributed by atoms with Crippen LogP contribution in [0.15, 0.2) is 36.4 Å². The maximum absolute atomic E-state index is 6.19. The van der Waals surface area contributed by atoms with Gasteiger partial charge in [-0.15, -0.1) is 0 Å². The van der Waals surface area contributed by atoms with Gasteiger partial charge in [-0.25, -0.2) is 0 Å². The van der Waals surface area contributed by atoms with E-state index in [0.717, 1.165) is 11.3 Å². The third-order valence-corrected chi connectivity index (χ3v) is 3.76. The molecule has 0 aliphatic heterocycles. The fourth-order valence-electron chi connectivity index (χ4n) is 2.19. The minimum Gasteiger partial charge on any atom is -0.489 e. The molecule has 0 heterocycles. The minimum atomic E-state index is 0.0340. The number of benzene rings is 2. The fourth-order valence-corrected chi connectivity index (χ4v) is 2.44. The van der Waals surface area contributed by atoms with Crippen molar-refractivity contribution >= 4 is 17.3 Å². The average molecular weight is 304 g/mol. The Kier molecular flexibility index (Phi) is 4.48. The van der Waals surface area contributed by atoms with Gasteiger partial charge in [-0.05, 0) is 36.1 Å². The van der Waals surface area contributed by atoms with E-state index < -0.39 is 0 Å². The number of aryl methyl sites for hydroxylation is 1. The molecule has 0 atom stereocenters. The van der Waals surface area contributed by atoms with Crippen molar-refractivity contribution in [1.29, 1.82) is 0 Å². The van der Waals surface area contributed by atoms with Gasteiger partial charge >= 0.3 is 0 Å². The highest BCUT2D eigenvalue weighted by atomic mass is 35.5. The molecule has 2 nitrogen and oxygen atoms in total. The number of nitrogens with two attached hydrogens (primary N) is 1. The first-order chi connectivity index (χ1) is 9.77. The van der Waals surface area contributed by atoms with Crippen molar-refractivity contribution in [3.63, 3.8) is 0 Å². The van der Waals surface area contributed by atoms with Crippen LogP contribution in [0.5, 0.6) is 5.75 Å². The van der Waals surface area contributed by atoms with Crippen LogP contribution in [0, 0.1) is 6.92 Å². The van der Waals surface area contributed by atoms with Crippen molar-refractivity contribution in [3.05, 3.63) is 58.1 Å². The number of hydrogen-bond acceptors (Lipinski definition) is 2. The molecular formula is C18H22ClNO. The lowest BCUT2D eigenvalue weighted by atomic mass is 9.85. The summed E-state index contributed by atoms with van der Waals surface area (Å²) in [5.74, 6) is 0.904. The van der Waals surface area contributed by atoms with Crippen LogP contribution in [0.25, 0.3) is 0 Å².